The fourth-order valence-corrected chi connectivity index (χ4v) is 1.61. The minimum Gasteiger partial charge on any atom is -0.504 e. The first-order valence-electron chi connectivity index (χ1n) is 4.42. The Bertz CT molecular complexity index is 303. The molecule has 0 radical (unpaired) electrons. The maximum atomic E-state index is 9.51. The largest absolute Gasteiger partial charge is 0.504 e. The van der Waals surface area contributed by atoms with E-state index in [1.54, 1.807) is 18.3 Å². The molecule has 0 aliphatic carbocycles. The van der Waals surface area contributed by atoms with E-state index >= 15 is 0 Å². The Labute approximate surface area is 77.0 Å². The second-order valence-electron chi connectivity index (χ2n) is 3.34. The van der Waals surface area contributed by atoms with Crippen molar-refractivity contribution >= 4 is 5.82 Å². The van der Waals surface area contributed by atoms with Gasteiger partial charge < -0.3 is 15.7 Å². The zero-order valence-electron chi connectivity index (χ0n) is 7.35. The van der Waals surface area contributed by atoms with E-state index in [-0.39, 0.29) is 11.8 Å². The molecule has 2 heterocycles. The lowest BCUT2D eigenvalue weighted by Crippen LogP contribution is -2.26. The Hall–Kier alpha value is -1.29. The van der Waals surface area contributed by atoms with E-state index < -0.39 is 0 Å². The van der Waals surface area contributed by atoms with Crippen molar-refractivity contribution in [1.82, 2.24) is 4.98 Å². The van der Waals surface area contributed by atoms with Crippen molar-refractivity contribution in [3.63, 3.8) is 0 Å². The summed E-state index contributed by atoms with van der Waals surface area (Å²) in [5, 5.41) is 9.51. The molecule has 0 spiro atoms. The highest BCUT2D eigenvalue weighted by Gasteiger charge is 2.21. The van der Waals surface area contributed by atoms with Crippen molar-refractivity contribution in [2.45, 2.75) is 12.5 Å². The number of aromatic nitrogens is 1. The molecular formula is C9H13N3O. The van der Waals surface area contributed by atoms with Crippen LogP contribution in [0.2, 0.25) is 0 Å². The van der Waals surface area contributed by atoms with Gasteiger partial charge in [0, 0.05) is 25.3 Å². The van der Waals surface area contributed by atoms with Crippen LogP contribution in [0.5, 0.6) is 5.75 Å². The van der Waals surface area contributed by atoms with Crippen molar-refractivity contribution < 1.29 is 5.11 Å². The van der Waals surface area contributed by atoms with E-state index in [0.717, 1.165) is 19.5 Å². The number of anilines is 1. The zero-order valence-corrected chi connectivity index (χ0v) is 7.35. The highest BCUT2D eigenvalue weighted by Crippen LogP contribution is 2.25. The van der Waals surface area contributed by atoms with Gasteiger partial charge >= 0.3 is 0 Å². The average Bonchev–Trinajstić information content (AvgIpc) is 2.53. The van der Waals surface area contributed by atoms with Gasteiger partial charge in [-0.2, -0.15) is 0 Å². The molecule has 0 amide bonds. The summed E-state index contributed by atoms with van der Waals surface area (Å²) < 4.78 is 0. The fourth-order valence-electron chi connectivity index (χ4n) is 1.61. The molecular weight excluding hydrogens is 166 g/mol. The van der Waals surface area contributed by atoms with E-state index in [2.05, 4.69) is 4.98 Å². The van der Waals surface area contributed by atoms with Crippen molar-refractivity contribution in [3.8, 4) is 5.75 Å². The van der Waals surface area contributed by atoms with Crippen molar-refractivity contribution in [3.05, 3.63) is 18.3 Å². The molecule has 1 aliphatic rings. The molecule has 2 rings (SSSR count). The quantitative estimate of drug-likeness (QED) is 0.652. The van der Waals surface area contributed by atoms with Gasteiger partial charge in [0.15, 0.2) is 11.6 Å². The molecule has 1 saturated heterocycles. The van der Waals surface area contributed by atoms with Crippen LogP contribution < -0.4 is 10.6 Å². The first-order chi connectivity index (χ1) is 6.27. The third-order valence-electron chi connectivity index (χ3n) is 2.29. The Morgan fingerprint density at radius 1 is 1.62 bits per heavy atom. The minimum atomic E-state index is 0.210. The normalized spacial score (nSPS) is 22.2. The van der Waals surface area contributed by atoms with Gasteiger partial charge in [-0.05, 0) is 18.6 Å². The van der Waals surface area contributed by atoms with Crippen LogP contribution in [0.3, 0.4) is 0 Å². The lowest BCUT2D eigenvalue weighted by atomic mass is 10.3. The van der Waals surface area contributed by atoms with Gasteiger partial charge in [0.05, 0.1) is 0 Å². The molecule has 0 aromatic carbocycles. The van der Waals surface area contributed by atoms with Crippen LogP contribution in [0.4, 0.5) is 5.82 Å². The highest BCUT2D eigenvalue weighted by atomic mass is 16.3. The predicted octanol–water partition coefficient (Wildman–Crippen LogP) is 0.325. The molecule has 1 aromatic heterocycles. The van der Waals surface area contributed by atoms with E-state index in [4.69, 9.17) is 5.73 Å². The third-order valence-corrected chi connectivity index (χ3v) is 2.29. The van der Waals surface area contributed by atoms with Crippen LogP contribution in [0.15, 0.2) is 18.3 Å². The first-order valence-corrected chi connectivity index (χ1v) is 4.42. The van der Waals surface area contributed by atoms with Crippen LogP contribution >= 0.6 is 0 Å². The van der Waals surface area contributed by atoms with Gasteiger partial charge in [-0.15, -0.1) is 0 Å². The smallest absolute Gasteiger partial charge is 0.171 e. The number of hydrogen-bond donors (Lipinski definition) is 2. The van der Waals surface area contributed by atoms with Crippen molar-refractivity contribution in [2.75, 3.05) is 18.0 Å². The Kier molecular flexibility index (Phi) is 2.06. The number of rotatable bonds is 1. The maximum Gasteiger partial charge on any atom is 0.171 e. The SMILES string of the molecule is N[C@H]1CCN(c2ncccc2O)C1. The lowest BCUT2D eigenvalue weighted by molar-refractivity contribution is 0.472. The summed E-state index contributed by atoms with van der Waals surface area (Å²) >= 11 is 0. The van der Waals surface area contributed by atoms with E-state index in [1.807, 2.05) is 4.90 Å². The van der Waals surface area contributed by atoms with Crippen LogP contribution in [0.25, 0.3) is 0 Å². The van der Waals surface area contributed by atoms with Gasteiger partial charge in [-0.25, -0.2) is 4.98 Å². The van der Waals surface area contributed by atoms with E-state index in [1.165, 1.54) is 0 Å². The molecule has 1 atom stereocenters. The minimum absolute atomic E-state index is 0.210. The molecule has 0 unspecified atom stereocenters. The summed E-state index contributed by atoms with van der Waals surface area (Å²) in [6, 6.07) is 3.57. The molecule has 13 heavy (non-hydrogen) atoms. The fraction of sp³-hybridized carbons (Fsp3) is 0.444. The number of pyridine rings is 1. The molecule has 1 fully saturated rings. The monoisotopic (exact) mass is 179 g/mol. The molecule has 4 heteroatoms. The Morgan fingerprint density at radius 3 is 3.08 bits per heavy atom. The van der Waals surface area contributed by atoms with Crippen molar-refractivity contribution in [1.29, 1.82) is 0 Å². The third kappa shape index (κ3) is 1.58. The standard InChI is InChI=1S/C9H13N3O/c10-7-3-5-12(6-7)9-8(13)2-1-4-11-9/h1-2,4,7,13H,3,5-6,10H2/t7-/m0/s1. The predicted molar refractivity (Wildman–Crippen MR) is 50.7 cm³/mol. The topological polar surface area (TPSA) is 62.4 Å². The maximum absolute atomic E-state index is 9.51. The molecule has 70 valence electrons. The Morgan fingerprint density at radius 2 is 2.46 bits per heavy atom. The van der Waals surface area contributed by atoms with Crippen LogP contribution in [0.1, 0.15) is 6.42 Å². The number of nitrogens with zero attached hydrogens (tertiary/aromatic N) is 2. The molecule has 4 nitrogen and oxygen atoms in total. The van der Waals surface area contributed by atoms with Gasteiger partial charge in [-0.1, -0.05) is 0 Å². The second kappa shape index (κ2) is 3.22. The number of hydrogen-bond acceptors (Lipinski definition) is 4. The summed E-state index contributed by atoms with van der Waals surface area (Å²) in [7, 11) is 0. The van der Waals surface area contributed by atoms with Gasteiger partial charge in [0.25, 0.3) is 0 Å². The molecule has 0 bridgehead atoms. The molecule has 3 N–H and O–H groups in total. The molecule has 1 aliphatic heterocycles. The summed E-state index contributed by atoms with van der Waals surface area (Å²) in [5.74, 6) is 0.882. The highest BCUT2D eigenvalue weighted by molar-refractivity contribution is 5.51. The van der Waals surface area contributed by atoms with E-state index in [9.17, 15) is 5.11 Å². The van der Waals surface area contributed by atoms with Gasteiger partial charge in [0.1, 0.15) is 0 Å². The summed E-state index contributed by atoms with van der Waals surface area (Å²) in [5.41, 5.74) is 5.76. The molecule has 1 aromatic rings. The molecule has 0 saturated carbocycles. The van der Waals surface area contributed by atoms with Crippen LogP contribution in [-0.4, -0.2) is 29.2 Å². The van der Waals surface area contributed by atoms with Gasteiger partial charge in [-0.3, -0.25) is 0 Å². The van der Waals surface area contributed by atoms with Crippen molar-refractivity contribution in [2.24, 2.45) is 5.73 Å². The first kappa shape index (κ1) is 8.31. The zero-order chi connectivity index (χ0) is 9.26. The van der Waals surface area contributed by atoms with E-state index in [0.29, 0.717) is 5.82 Å². The van der Waals surface area contributed by atoms with Crippen LogP contribution in [-0.2, 0) is 0 Å². The summed E-state index contributed by atoms with van der Waals surface area (Å²) in [6.45, 7) is 1.66. The summed E-state index contributed by atoms with van der Waals surface area (Å²) in [4.78, 5) is 6.13. The lowest BCUT2D eigenvalue weighted by Gasteiger charge is -2.17. The second-order valence-corrected chi connectivity index (χ2v) is 3.34. The summed E-state index contributed by atoms with van der Waals surface area (Å²) in [6.07, 6.45) is 2.65. The Balaban J connectivity index is 2.21. The average molecular weight is 179 g/mol. The van der Waals surface area contributed by atoms with Crippen LogP contribution in [0, 0.1) is 0 Å². The van der Waals surface area contributed by atoms with Gasteiger partial charge in [0.2, 0.25) is 0 Å². The number of nitrogens with two attached hydrogens (primary N) is 1. The number of aromatic hydroxyl groups is 1.